The van der Waals surface area contributed by atoms with Gasteiger partial charge >= 0.3 is 0 Å². The van der Waals surface area contributed by atoms with Gasteiger partial charge < -0.3 is 20.1 Å². The van der Waals surface area contributed by atoms with Gasteiger partial charge in [-0.15, -0.1) is 0 Å². The molecule has 128 valence electrons. The third-order valence-electron chi connectivity index (χ3n) is 4.18. The molecule has 5 heteroatoms. The van der Waals surface area contributed by atoms with Crippen molar-refractivity contribution in [2.24, 2.45) is 5.92 Å². The first kappa shape index (κ1) is 17.8. The summed E-state index contributed by atoms with van der Waals surface area (Å²) < 4.78 is 10.5. The topological polar surface area (TPSA) is 59.6 Å². The van der Waals surface area contributed by atoms with E-state index in [9.17, 15) is 4.79 Å². The lowest BCUT2D eigenvalue weighted by atomic mass is 9.93. The monoisotopic (exact) mass is 320 g/mol. The summed E-state index contributed by atoms with van der Waals surface area (Å²) in [7, 11) is 1.65. The van der Waals surface area contributed by atoms with Crippen LogP contribution in [0.25, 0.3) is 0 Å². The molecule has 1 fully saturated rings. The quantitative estimate of drug-likeness (QED) is 0.684. The van der Waals surface area contributed by atoms with E-state index in [2.05, 4.69) is 10.6 Å². The Morgan fingerprint density at radius 3 is 2.91 bits per heavy atom. The lowest BCUT2D eigenvalue weighted by molar-refractivity contribution is -0.121. The maximum absolute atomic E-state index is 12.0. The first-order valence-electron chi connectivity index (χ1n) is 8.46. The first-order valence-corrected chi connectivity index (χ1v) is 8.46. The molecule has 1 saturated heterocycles. The van der Waals surface area contributed by atoms with Crippen LogP contribution < -0.4 is 15.4 Å². The average Bonchev–Trinajstić information content (AvgIpc) is 2.60. The van der Waals surface area contributed by atoms with Crippen molar-refractivity contribution >= 4 is 5.91 Å². The highest BCUT2D eigenvalue weighted by Gasteiger charge is 2.14. The fourth-order valence-corrected chi connectivity index (χ4v) is 2.78. The van der Waals surface area contributed by atoms with Crippen molar-refractivity contribution in [1.82, 2.24) is 10.6 Å². The minimum absolute atomic E-state index is 0.134. The van der Waals surface area contributed by atoms with E-state index >= 15 is 0 Å². The van der Waals surface area contributed by atoms with Crippen LogP contribution in [0.5, 0.6) is 5.75 Å². The standard InChI is InChI=1S/C18H28N2O3/c1-22-11-12-23-17-4-2-3-16(13-17)14-20-18(21)6-5-15-7-9-19-10-8-15/h2-4,13,15,19H,5-12,14H2,1H3,(H,20,21). The number of amides is 1. The molecule has 1 aromatic carbocycles. The third-order valence-corrected chi connectivity index (χ3v) is 4.18. The summed E-state index contributed by atoms with van der Waals surface area (Å²) in [4.78, 5) is 12.0. The molecule has 2 N–H and O–H groups in total. The number of carbonyl (C=O) groups excluding carboxylic acids is 1. The van der Waals surface area contributed by atoms with Crippen LogP contribution in [0.2, 0.25) is 0 Å². The van der Waals surface area contributed by atoms with E-state index in [1.807, 2.05) is 24.3 Å². The van der Waals surface area contributed by atoms with Gasteiger partial charge in [0.1, 0.15) is 12.4 Å². The fraction of sp³-hybridized carbons (Fsp3) is 0.611. The number of benzene rings is 1. The Morgan fingerprint density at radius 1 is 1.30 bits per heavy atom. The molecule has 5 nitrogen and oxygen atoms in total. The third kappa shape index (κ3) is 7.01. The Morgan fingerprint density at radius 2 is 2.13 bits per heavy atom. The van der Waals surface area contributed by atoms with E-state index in [4.69, 9.17) is 9.47 Å². The van der Waals surface area contributed by atoms with Crippen LogP contribution >= 0.6 is 0 Å². The number of piperidine rings is 1. The molecular weight excluding hydrogens is 292 g/mol. The van der Waals surface area contributed by atoms with Gasteiger partial charge in [-0.2, -0.15) is 0 Å². The first-order chi connectivity index (χ1) is 11.3. The molecule has 0 aromatic heterocycles. The number of carbonyl (C=O) groups is 1. The van der Waals surface area contributed by atoms with Crippen molar-refractivity contribution in [3.63, 3.8) is 0 Å². The molecule has 0 unspecified atom stereocenters. The summed E-state index contributed by atoms with van der Waals surface area (Å²) in [6.07, 6.45) is 3.99. The Hall–Kier alpha value is -1.59. The molecule has 1 amide bonds. The minimum Gasteiger partial charge on any atom is -0.491 e. The lowest BCUT2D eigenvalue weighted by Crippen LogP contribution is -2.29. The van der Waals surface area contributed by atoms with E-state index in [0.717, 1.165) is 30.8 Å². The normalized spacial score (nSPS) is 15.3. The predicted molar refractivity (Wildman–Crippen MR) is 90.5 cm³/mol. The van der Waals surface area contributed by atoms with Gasteiger partial charge in [-0.05, 0) is 56.0 Å². The zero-order valence-corrected chi connectivity index (χ0v) is 14.0. The summed E-state index contributed by atoms with van der Waals surface area (Å²) in [6.45, 7) is 3.82. The van der Waals surface area contributed by atoms with E-state index < -0.39 is 0 Å². The molecule has 1 aromatic rings. The van der Waals surface area contributed by atoms with Crippen molar-refractivity contribution in [2.45, 2.75) is 32.2 Å². The molecule has 1 aliphatic rings. The van der Waals surface area contributed by atoms with Crippen LogP contribution in [0, 0.1) is 5.92 Å². The highest BCUT2D eigenvalue weighted by molar-refractivity contribution is 5.75. The summed E-state index contributed by atoms with van der Waals surface area (Å²) in [5.41, 5.74) is 1.05. The predicted octanol–water partition coefficient (Wildman–Crippen LogP) is 2.11. The van der Waals surface area contributed by atoms with Crippen molar-refractivity contribution in [3.05, 3.63) is 29.8 Å². The number of ether oxygens (including phenoxy) is 2. The van der Waals surface area contributed by atoms with Crippen molar-refractivity contribution in [3.8, 4) is 5.75 Å². The molecule has 2 rings (SSSR count). The number of methoxy groups -OCH3 is 1. The minimum atomic E-state index is 0.134. The zero-order valence-electron chi connectivity index (χ0n) is 14.0. The highest BCUT2D eigenvalue weighted by atomic mass is 16.5. The molecule has 0 bridgehead atoms. The van der Waals surface area contributed by atoms with Gasteiger partial charge in [-0.1, -0.05) is 12.1 Å². The van der Waals surface area contributed by atoms with Crippen LogP contribution in [0.4, 0.5) is 0 Å². The van der Waals surface area contributed by atoms with Crippen LogP contribution in [0.1, 0.15) is 31.2 Å². The zero-order chi connectivity index (χ0) is 16.3. The van der Waals surface area contributed by atoms with Gasteiger partial charge in [0.2, 0.25) is 5.91 Å². The fourth-order valence-electron chi connectivity index (χ4n) is 2.78. The Bertz CT molecular complexity index is 473. The smallest absolute Gasteiger partial charge is 0.220 e. The largest absolute Gasteiger partial charge is 0.491 e. The van der Waals surface area contributed by atoms with Gasteiger partial charge in [0, 0.05) is 20.1 Å². The summed E-state index contributed by atoms with van der Waals surface area (Å²) in [5, 5.41) is 6.35. The van der Waals surface area contributed by atoms with Gasteiger partial charge in [0.25, 0.3) is 0 Å². The van der Waals surface area contributed by atoms with Crippen molar-refractivity contribution in [2.75, 3.05) is 33.4 Å². The van der Waals surface area contributed by atoms with Crippen LogP contribution in [-0.2, 0) is 16.1 Å². The van der Waals surface area contributed by atoms with Crippen molar-refractivity contribution in [1.29, 1.82) is 0 Å². The molecule has 0 saturated carbocycles. The molecule has 1 aliphatic heterocycles. The van der Waals surface area contributed by atoms with E-state index in [1.165, 1.54) is 12.8 Å². The maximum atomic E-state index is 12.0. The van der Waals surface area contributed by atoms with Gasteiger partial charge in [-0.3, -0.25) is 4.79 Å². The average molecular weight is 320 g/mol. The maximum Gasteiger partial charge on any atom is 0.220 e. The van der Waals surface area contributed by atoms with Crippen LogP contribution in [0.15, 0.2) is 24.3 Å². The van der Waals surface area contributed by atoms with E-state index in [0.29, 0.717) is 32.1 Å². The molecule has 0 aliphatic carbocycles. The van der Waals surface area contributed by atoms with Gasteiger partial charge in [-0.25, -0.2) is 0 Å². The summed E-state index contributed by atoms with van der Waals surface area (Å²) in [5.74, 6) is 1.64. The molecule has 1 heterocycles. The van der Waals surface area contributed by atoms with Gasteiger partial charge in [0.05, 0.1) is 6.61 Å². The van der Waals surface area contributed by atoms with Crippen molar-refractivity contribution < 1.29 is 14.3 Å². The number of rotatable bonds is 9. The van der Waals surface area contributed by atoms with Gasteiger partial charge in [0.15, 0.2) is 0 Å². The van der Waals surface area contributed by atoms with Crippen LogP contribution in [0.3, 0.4) is 0 Å². The number of hydrogen-bond acceptors (Lipinski definition) is 4. The SMILES string of the molecule is COCCOc1cccc(CNC(=O)CCC2CCNCC2)c1. The number of nitrogens with one attached hydrogen (secondary N) is 2. The molecule has 0 radical (unpaired) electrons. The second-order valence-corrected chi connectivity index (χ2v) is 6.00. The highest BCUT2D eigenvalue weighted by Crippen LogP contribution is 2.17. The second-order valence-electron chi connectivity index (χ2n) is 6.00. The lowest BCUT2D eigenvalue weighted by Gasteiger charge is -2.22. The van der Waals surface area contributed by atoms with E-state index in [1.54, 1.807) is 7.11 Å². The Labute approximate surface area is 138 Å². The summed E-state index contributed by atoms with van der Waals surface area (Å²) in [6, 6.07) is 7.82. The molecule has 0 spiro atoms. The van der Waals surface area contributed by atoms with E-state index in [-0.39, 0.29) is 5.91 Å². The second kappa shape index (κ2) is 10.2. The number of hydrogen-bond donors (Lipinski definition) is 2. The summed E-state index contributed by atoms with van der Waals surface area (Å²) >= 11 is 0. The molecular formula is C18H28N2O3. The molecule has 23 heavy (non-hydrogen) atoms. The molecule has 0 atom stereocenters. The Balaban J connectivity index is 1.67. The Kier molecular flexibility index (Phi) is 7.90. The van der Waals surface area contributed by atoms with Crippen LogP contribution in [-0.4, -0.2) is 39.3 Å².